The molecular weight excluding hydrogens is 408 g/mol. The van der Waals surface area contributed by atoms with E-state index in [1.54, 1.807) is 11.7 Å². The molecule has 0 N–H and O–H groups in total. The van der Waals surface area contributed by atoms with E-state index in [0.717, 1.165) is 59.8 Å². The van der Waals surface area contributed by atoms with Crippen LogP contribution in [0.1, 0.15) is 24.0 Å². The summed E-state index contributed by atoms with van der Waals surface area (Å²) in [6, 6.07) is 15.7. The van der Waals surface area contributed by atoms with Crippen LogP contribution in [0.15, 0.2) is 53.3 Å². The maximum absolute atomic E-state index is 12.6. The van der Waals surface area contributed by atoms with E-state index in [1.165, 1.54) is 0 Å². The van der Waals surface area contributed by atoms with Gasteiger partial charge in [-0.3, -0.25) is 4.57 Å². The number of para-hydroxylation sites is 1. The number of nitrogens with zero attached hydrogens (tertiary/aromatic N) is 2. The molecule has 2 aliphatic rings. The van der Waals surface area contributed by atoms with Gasteiger partial charge in [0.25, 0.3) is 0 Å². The van der Waals surface area contributed by atoms with E-state index in [-0.39, 0.29) is 11.8 Å². The van der Waals surface area contributed by atoms with Gasteiger partial charge in [0, 0.05) is 30.3 Å². The van der Waals surface area contributed by atoms with Crippen molar-refractivity contribution in [2.75, 3.05) is 20.3 Å². The van der Waals surface area contributed by atoms with Crippen molar-refractivity contribution in [3.63, 3.8) is 0 Å². The van der Waals surface area contributed by atoms with Crippen LogP contribution < -0.4 is 19.9 Å². The lowest BCUT2D eigenvalue weighted by Gasteiger charge is -2.22. The lowest BCUT2D eigenvalue weighted by molar-refractivity contribution is 0.0661. The van der Waals surface area contributed by atoms with Gasteiger partial charge in [-0.05, 0) is 49.1 Å². The van der Waals surface area contributed by atoms with E-state index in [1.807, 2.05) is 48.5 Å². The Labute approximate surface area is 186 Å². The highest BCUT2D eigenvalue weighted by Crippen LogP contribution is 2.33. The molecule has 7 nitrogen and oxygen atoms in total. The number of hydrogen-bond donors (Lipinski definition) is 0. The highest BCUT2D eigenvalue weighted by atomic mass is 16.5. The molecule has 1 unspecified atom stereocenters. The molecule has 2 aliphatic heterocycles. The maximum Gasteiger partial charge on any atom is 0.351 e. The second kappa shape index (κ2) is 9.04. The van der Waals surface area contributed by atoms with Crippen LogP contribution in [0.25, 0.3) is 11.3 Å². The Morgan fingerprint density at radius 2 is 2.06 bits per heavy atom. The molecule has 0 amide bonds. The third-order valence-corrected chi connectivity index (χ3v) is 5.97. The van der Waals surface area contributed by atoms with Crippen molar-refractivity contribution in [2.45, 2.75) is 38.5 Å². The lowest BCUT2D eigenvalue weighted by Crippen LogP contribution is -2.29. The Kier molecular flexibility index (Phi) is 5.81. The molecule has 7 heteroatoms. The fraction of sp³-hybridized carbons (Fsp3) is 0.360. The maximum atomic E-state index is 12.6. The third-order valence-electron chi connectivity index (χ3n) is 5.97. The summed E-state index contributed by atoms with van der Waals surface area (Å²) in [6.07, 6.45) is 2.84. The Balaban J connectivity index is 1.35. The number of fused-ring (bicyclic) bond motifs is 3. The summed E-state index contributed by atoms with van der Waals surface area (Å²) in [4.78, 5) is 16.7. The average Bonchev–Trinajstić information content (AvgIpc) is 3.35. The van der Waals surface area contributed by atoms with Crippen LogP contribution in [0.3, 0.4) is 0 Å². The Hall–Kier alpha value is -3.32. The van der Waals surface area contributed by atoms with Gasteiger partial charge in [0.1, 0.15) is 24.7 Å². The Morgan fingerprint density at radius 1 is 1.16 bits per heavy atom. The van der Waals surface area contributed by atoms with Gasteiger partial charge in [-0.15, -0.1) is 0 Å². The fourth-order valence-corrected chi connectivity index (χ4v) is 4.28. The first-order valence-electron chi connectivity index (χ1n) is 11.0. The number of methoxy groups -OCH3 is 1. The van der Waals surface area contributed by atoms with Crippen LogP contribution in [0, 0.1) is 0 Å². The molecule has 0 bridgehead atoms. The predicted octanol–water partition coefficient (Wildman–Crippen LogP) is 3.61. The number of aryl methyl sites for hydroxylation is 1. The summed E-state index contributed by atoms with van der Waals surface area (Å²) in [7, 11) is 1.66. The standard InChI is InChI=1S/C25H26N2O5/c1-29-23-7-3-2-5-18(23)15-31-19-8-9-21-17(13-19)10-11-27-22(21)14-24(26-25(27)28)32-16-20-6-4-12-30-20/h2-3,5,7-9,13-14,20H,4,6,10-12,15-16H2,1H3. The molecule has 0 saturated carbocycles. The van der Waals surface area contributed by atoms with Crippen molar-refractivity contribution >= 4 is 0 Å². The molecule has 1 fully saturated rings. The first-order chi connectivity index (χ1) is 15.7. The van der Waals surface area contributed by atoms with Crippen molar-refractivity contribution in [1.82, 2.24) is 9.55 Å². The SMILES string of the molecule is COc1ccccc1COc1ccc2c(c1)CCn1c-2cc(OCC2CCCO2)nc1=O. The topological polar surface area (TPSA) is 71.8 Å². The second-order valence-electron chi connectivity index (χ2n) is 8.03. The van der Waals surface area contributed by atoms with E-state index < -0.39 is 0 Å². The lowest BCUT2D eigenvalue weighted by atomic mass is 9.97. The summed E-state index contributed by atoms with van der Waals surface area (Å²) in [5.41, 5.74) is 3.67. The van der Waals surface area contributed by atoms with Gasteiger partial charge in [-0.2, -0.15) is 4.98 Å². The molecule has 0 radical (unpaired) electrons. The number of hydrogen-bond acceptors (Lipinski definition) is 6. The molecule has 2 aromatic carbocycles. The molecule has 32 heavy (non-hydrogen) atoms. The molecule has 5 rings (SSSR count). The molecule has 1 saturated heterocycles. The van der Waals surface area contributed by atoms with E-state index in [0.29, 0.717) is 25.6 Å². The largest absolute Gasteiger partial charge is 0.496 e. The van der Waals surface area contributed by atoms with Gasteiger partial charge >= 0.3 is 5.69 Å². The quantitative estimate of drug-likeness (QED) is 0.566. The Bertz CT molecular complexity index is 1170. The highest BCUT2D eigenvalue weighted by Gasteiger charge is 2.21. The second-order valence-corrected chi connectivity index (χ2v) is 8.03. The summed E-state index contributed by atoms with van der Waals surface area (Å²) in [5.74, 6) is 1.94. The normalized spacial score (nSPS) is 16.8. The minimum Gasteiger partial charge on any atom is -0.496 e. The zero-order chi connectivity index (χ0) is 21.9. The molecule has 3 aromatic rings. The first-order valence-corrected chi connectivity index (χ1v) is 11.0. The van der Waals surface area contributed by atoms with E-state index in [2.05, 4.69) is 4.98 Å². The van der Waals surface area contributed by atoms with Crippen molar-refractivity contribution in [1.29, 1.82) is 0 Å². The Morgan fingerprint density at radius 3 is 2.91 bits per heavy atom. The number of rotatable bonds is 7. The van der Waals surface area contributed by atoms with Crippen molar-refractivity contribution in [3.05, 3.63) is 70.1 Å². The predicted molar refractivity (Wildman–Crippen MR) is 119 cm³/mol. The van der Waals surface area contributed by atoms with Crippen molar-refractivity contribution < 1.29 is 18.9 Å². The van der Waals surface area contributed by atoms with Gasteiger partial charge in [-0.1, -0.05) is 18.2 Å². The van der Waals surface area contributed by atoms with Gasteiger partial charge in [0.05, 0.1) is 18.9 Å². The number of aromatic nitrogens is 2. The molecule has 1 aromatic heterocycles. The fourth-order valence-electron chi connectivity index (χ4n) is 4.28. The minimum absolute atomic E-state index is 0.0748. The van der Waals surface area contributed by atoms with Crippen molar-refractivity contribution in [2.24, 2.45) is 0 Å². The zero-order valence-corrected chi connectivity index (χ0v) is 18.1. The van der Waals surface area contributed by atoms with Gasteiger partial charge in [0.15, 0.2) is 0 Å². The molecular formula is C25H26N2O5. The molecule has 0 aliphatic carbocycles. The number of ether oxygens (including phenoxy) is 4. The zero-order valence-electron chi connectivity index (χ0n) is 18.1. The molecule has 1 atom stereocenters. The van der Waals surface area contributed by atoms with E-state index in [9.17, 15) is 4.79 Å². The molecule has 0 spiro atoms. The van der Waals surface area contributed by atoms with Crippen LogP contribution in [-0.2, 0) is 24.3 Å². The van der Waals surface area contributed by atoms with Crippen LogP contribution >= 0.6 is 0 Å². The van der Waals surface area contributed by atoms with Crippen LogP contribution in [-0.4, -0.2) is 36.0 Å². The molecule has 3 heterocycles. The van der Waals surface area contributed by atoms with Crippen LogP contribution in [0.5, 0.6) is 17.4 Å². The van der Waals surface area contributed by atoms with E-state index in [4.69, 9.17) is 18.9 Å². The smallest absolute Gasteiger partial charge is 0.351 e. The summed E-state index contributed by atoms with van der Waals surface area (Å²) >= 11 is 0. The summed E-state index contributed by atoms with van der Waals surface area (Å²) in [5, 5.41) is 0. The van der Waals surface area contributed by atoms with Crippen LogP contribution in [0.2, 0.25) is 0 Å². The average molecular weight is 434 g/mol. The highest BCUT2D eigenvalue weighted by molar-refractivity contribution is 5.67. The van der Waals surface area contributed by atoms with Gasteiger partial charge in [0.2, 0.25) is 5.88 Å². The third kappa shape index (κ3) is 4.21. The summed E-state index contributed by atoms with van der Waals surface area (Å²) < 4.78 is 24.5. The van der Waals surface area contributed by atoms with Gasteiger partial charge < -0.3 is 18.9 Å². The van der Waals surface area contributed by atoms with Gasteiger partial charge in [-0.25, -0.2) is 4.79 Å². The monoisotopic (exact) mass is 434 g/mol. The van der Waals surface area contributed by atoms with Crippen LogP contribution in [0.4, 0.5) is 0 Å². The number of benzene rings is 2. The van der Waals surface area contributed by atoms with Crippen molar-refractivity contribution in [3.8, 4) is 28.6 Å². The molecule has 166 valence electrons. The summed E-state index contributed by atoms with van der Waals surface area (Å²) in [6.45, 7) is 2.18. The van der Waals surface area contributed by atoms with E-state index >= 15 is 0 Å². The minimum atomic E-state index is -0.285. The first kappa shape index (κ1) is 20.6.